The van der Waals surface area contributed by atoms with Crippen LogP contribution in [0.4, 0.5) is 0 Å². The van der Waals surface area contributed by atoms with Gasteiger partial charge in [0.1, 0.15) is 5.82 Å². The van der Waals surface area contributed by atoms with E-state index in [4.69, 9.17) is 4.42 Å². The van der Waals surface area contributed by atoms with Gasteiger partial charge in [-0.05, 0) is 38.2 Å². The van der Waals surface area contributed by atoms with Gasteiger partial charge in [-0.1, -0.05) is 12.8 Å². The van der Waals surface area contributed by atoms with Crippen molar-refractivity contribution in [2.45, 2.75) is 51.6 Å². The van der Waals surface area contributed by atoms with Gasteiger partial charge >= 0.3 is 0 Å². The number of aryl methyl sites for hydroxylation is 2. The molecule has 2 aliphatic rings. The summed E-state index contributed by atoms with van der Waals surface area (Å²) >= 11 is 0. The fourth-order valence-corrected chi connectivity index (χ4v) is 4.15. The van der Waals surface area contributed by atoms with Gasteiger partial charge < -0.3 is 13.9 Å². The monoisotopic (exact) mass is 313 g/mol. The van der Waals surface area contributed by atoms with Crippen LogP contribution >= 0.6 is 0 Å². The highest BCUT2D eigenvalue weighted by molar-refractivity contribution is 5.93. The summed E-state index contributed by atoms with van der Waals surface area (Å²) in [6.45, 7) is 3.63. The standard InChI is InChI=1S/C18H23N3O2/c1-13-7-12-23-16(13)18(22)21-10-4-9-20-11-8-19-17(20)15(21)14-5-2-3-6-14/h7-8,11-12,14-15H,2-6,9-10H2,1H3. The third kappa shape index (κ3) is 2.48. The van der Waals surface area contributed by atoms with E-state index in [1.54, 1.807) is 6.26 Å². The van der Waals surface area contributed by atoms with E-state index in [-0.39, 0.29) is 11.9 Å². The van der Waals surface area contributed by atoms with Crippen LogP contribution in [0.15, 0.2) is 29.1 Å². The minimum Gasteiger partial charge on any atom is -0.459 e. The predicted octanol–water partition coefficient (Wildman–Crippen LogP) is 3.56. The molecule has 1 fully saturated rings. The molecule has 0 bridgehead atoms. The smallest absolute Gasteiger partial charge is 0.290 e. The van der Waals surface area contributed by atoms with Gasteiger partial charge in [0.25, 0.3) is 5.91 Å². The van der Waals surface area contributed by atoms with Crippen molar-refractivity contribution in [1.29, 1.82) is 0 Å². The van der Waals surface area contributed by atoms with Crippen molar-refractivity contribution in [3.05, 3.63) is 41.9 Å². The van der Waals surface area contributed by atoms with Crippen LogP contribution in [-0.4, -0.2) is 26.9 Å². The zero-order valence-electron chi connectivity index (χ0n) is 13.6. The zero-order chi connectivity index (χ0) is 15.8. The minimum absolute atomic E-state index is 0.0147. The number of carbonyl (C=O) groups excluding carboxylic acids is 1. The summed E-state index contributed by atoms with van der Waals surface area (Å²) in [6.07, 6.45) is 11.3. The van der Waals surface area contributed by atoms with Gasteiger partial charge in [0.05, 0.1) is 12.3 Å². The van der Waals surface area contributed by atoms with Crippen LogP contribution in [-0.2, 0) is 6.54 Å². The van der Waals surface area contributed by atoms with Crippen LogP contribution in [0.3, 0.4) is 0 Å². The van der Waals surface area contributed by atoms with Gasteiger partial charge in [-0.15, -0.1) is 0 Å². The molecule has 2 aromatic heterocycles. The Morgan fingerprint density at radius 3 is 2.83 bits per heavy atom. The lowest BCUT2D eigenvalue weighted by atomic mass is 9.95. The largest absolute Gasteiger partial charge is 0.459 e. The summed E-state index contributed by atoms with van der Waals surface area (Å²) in [4.78, 5) is 19.8. The van der Waals surface area contributed by atoms with Crippen LogP contribution in [0, 0.1) is 12.8 Å². The second-order valence-electron chi connectivity index (χ2n) is 6.75. The van der Waals surface area contributed by atoms with E-state index in [1.807, 2.05) is 30.3 Å². The van der Waals surface area contributed by atoms with Crippen LogP contribution in [0.5, 0.6) is 0 Å². The molecule has 4 rings (SSSR count). The molecule has 0 aromatic carbocycles. The molecule has 1 aliphatic carbocycles. The molecule has 3 heterocycles. The Balaban J connectivity index is 1.74. The summed E-state index contributed by atoms with van der Waals surface area (Å²) in [5, 5.41) is 0. The molecular formula is C18H23N3O2. The minimum atomic E-state index is 0.0147. The molecule has 1 aliphatic heterocycles. The molecule has 0 N–H and O–H groups in total. The van der Waals surface area contributed by atoms with Gasteiger partial charge in [-0.2, -0.15) is 0 Å². The highest BCUT2D eigenvalue weighted by Crippen LogP contribution is 2.40. The Kier molecular flexibility index (Phi) is 3.71. The second-order valence-corrected chi connectivity index (χ2v) is 6.75. The van der Waals surface area contributed by atoms with Crippen molar-refractivity contribution >= 4 is 5.91 Å². The van der Waals surface area contributed by atoms with E-state index in [0.717, 1.165) is 30.9 Å². The first-order chi connectivity index (χ1) is 11.3. The van der Waals surface area contributed by atoms with E-state index in [9.17, 15) is 4.79 Å². The average molecular weight is 313 g/mol. The van der Waals surface area contributed by atoms with Gasteiger partial charge in [-0.3, -0.25) is 4.79 Å². The summed E-state index contributed by atoms with van der Waals surface area (Å²) in [7, 11) is 0. The van der Waals surface area contributed by atoms with Crippen LogP contribution in [0.25, 0.3) is 0 Å². The maximum absolute atomic E-state index is 13.1. The van der Waals surface area contributed by atoms with Gasteiger partial charge in [0, 0.05) is 31.0 Å². The first-order valence-electron chi connectivity index (χ1n) is 8.62. The average Bonchev–Trinajstić information content (AvgIpc) is 3.28. The van der Waals surface area contributed by atoms with Gasteiger partial charge in [0.15, 0.2) is 5.76 Å². The van der Waals surface area contributed by atoms with Crippen molar-refractivity contribution in [2.24, 2.45) is 5.92 Å². The number of furan rings is 1. The predicted molar refractivity (Wildman–Crippen MR) is 86.0 cm³/mol. The molecular weight excluding hydrogens is 290 g/mol. The van der Waals surface area contributed by atoms with Crippen molar-refractivity contribution in [3.63, 3.8) is 0 Å². The third-order valence-electron chi connectivity index (χ3n) is 5.31. The van der Waals surface area contributed by atoms with Crippen LogP contribution in [0.1, 0.15) is 60.1 Å². The summed E-state index contributed by atoms with van der Waals surface area (Å²) < 4.78 is 7.71. The maximum atomic E-state index is 13.1. The zero-order valence-corrected chi connectivity index (χ0v) is 13.6. The van der Waals surface area contributed by atoms with Crippen molar-refractivity contribution in [1.82, 2.24) is 14.5 Å². The normalized spacial score (nSPS) is 22.1. The first kappa shape index (κ1) is 14.5. The second kappa shape index (κ2) is 5.87. The van der Waals surface area contributed by atoms with Gasteiger partial charge in [-0.25, -0.2) is 4.98 Å². The summed E-state index contributed by atoms with van der Waals surface area (Å²) in [5.74, 6) is 2.05. The topological polar surface area (TPSA) is 51.3 Å². The van der Waals surface area contributed by atoms with Crippen molar-refractivity contribution < 1.29 is 9.21 Å². The number of imidazole rings is 1. The molecule has 23 heavy (non-hydrogen) atoms. The SMILES string of the molecule is Cc1ccoc1C(=O)N1CCCn2ccnc2C1C1CCCC1. The molecule has 122 valence electrons. The fourth-order valence-electron chi connectivity index (χ4n) is 4.15. The number of rotatable bonds is 2. The highest BCUT2D eigenvalue weighted by atomic mass is 16.3. The first-order valence-corrected chi connectivity index (χ1v) is 8.62. The van der Waals surface area contributed by atoms with E-state index in [1.165, 1.54) is 25.7 Å². The Labute approximate surface area is 136 Å². The van der Waals surface area contributed by atoms with Crippen LogP contribution in [0.2, 0.25) is 0 Å². The van der Waals surface area contributed by atoms with E-state index < -0.39 is 0 Å². The lowest BCUT2D eigenvalue weighted by Gasteiger charge is -2.33. The number of hydrogen-bond acceptors (Lipinski definition) is 3. The number of nitrogens with zero attached hydrogens (tertiary/aromatic N) is 3. The lowest BCUT2D eigenvalue weighted by Crippen LogP contribution is -2.38. The van der Waals surface area contributed by atoms with Crippen molar-refractivity contribution in [2.75, 3.05) is 6.54 Å². The molecule has 1 amide bonds. The fraction of sp³-hybridized carbons (Fsp3) is 0.556. The number of carbonyl (C=O) groups is 1. The lowest BCUT2D eigenvalue weighted by molar-refractivity contribution is 0.0569. The third-order valence-corrected chi connectivity index (χ3v) is 5.31. The van der Waals surface area contributed by atoms with Crippen molar-refractivity contribution in [3.8, 4) is 0 Å². The molecule has 5 heteroatoms. The quantitative estimate of drug-likeness (QED) is 0.852. The molecule has 1 saturated carbocycles. The maximum Gasteiger partial charge on any atom is 0.290 e. The summed E-state index contributed by atoms with van der Waals surface area (Å²) in [5.41, 5.74) is 0.910. The molecule has 0 radical (unpaired) electrons. The molecule has 5 nitrogen and oxygen atoms in total. The number of amides is 1. The van der Waals surface area contributed by atoms with Crippen LogP contribution < -0.4 is 0 Å². The molecule has 1 atom stereocenters. The Bertz CT molecular complexity index is 697. The summed E-state index contributed by atoms with van der Waals surface area (Å²) in [6, 6.07) is 1.93. The molecule has 2 aromatic rings. The Morgan fingerprint density at radius 2 is 2.09 bits per heavy atom. The van der Waals surface area contributed by atoms with E-state index in [2.05, 4.69) is 9.55 Å². The van der Waals surface area contributed by atoms with E-state index in [0.29, 0.717) is 11.7 Å². The van der Waals surface area contributed by atoms with Gasteiger partial charge in [0.2, 0.25) is 0 Å². The number of hydrogen-bond donors (Lipinski definition) is 0. The number of aromatic nitrogens is 2. The van der Waals surface area contributed by atoms with E-state index >= 15 is 0 Å². The molecule has 1 unspecified atom stereocenters. The molecule has 0 spiro atoms. The highest BCUT2D eigenvalue weighted by Gasteiger charge is 2.39. The Morgan fingerprint density at radius 1 is 1.26 bits per heavy atom. The number of fused-ring (bicyclic) bond motifs is 1. The Hall–Kier alpha value is -2.04. The molecule has 0 saturated heterocycles.